The smallest absolute Gasteiger partial charge is 0.320 e. The summed E-state index contributed by atoms with van der Waals surface area (Å²) in [6, 6.07) is 3.47. The Kier molecular flexibility index (Phi) is 4.80. The second-order valence-corrected chi connectivity index (χ2v) is 6.45. The van der Waals surface area contributed by atoms with E-state index in [1.54, 1.807) is 18.7 Å². The van der Waals surface area contributed by atoms with E-state index in [1.165, 1.54) is 0 Å². The number of rotatable bonds is 4. The van der Waals surface area contributed by atoms with Crippen molar-refractivity contribution in [2.75, 3.05) is 5.32 Å². The Hall–Kier alpha value is -2.37. The Morgan fingerprint density at radius 3 is 2.73 bits per heavy atom. The van der Waals surface area contributed by atoms with Crippen molar-refractivity contribution in [3.8, 4) is 0 Å². The minimum absolute atomic E-state index is 0.0364. The summed E-state index contributed by atoms with van der Waals surface area (Å²) in [5, 5.41) is 5.84. The quantitative estimate of drug-likeness (QED) is 0.912. The fourth-order valence-corrected chi connectivity index (χ4v) is 2.06. The number of amides is 2. The number of aromatic nitrogens is 3. The lowest BCUT2D eigenvalue weighted by molar-refractivity contribution is 0.218. The molecule has 0 aliphatic heterocycles. The fraction of sp³-hybridized carbons (Fsp3) is 0.438. The number of imidazole rings is 1. The van der Waals surface area contributed by atoms with Gasteiger partial charge in [0, 0.05) is 25.1 Å². The molecule has 118 valence electrons. The predicted octanol–water partition coefficient (Wildman–Crippen LogP) is 2.82. The third kappa shape index (κ3) is 4.31. The molecule has 2 amide bonds. The zero-order valence-corrected chi connectivity index (χ0v) is 13.5. The summed E-state index contributed by atoms with van der Waals surface area (Å²) < 4.78 is 1.96. The van der Waals surface area contributed by atoms with Crippen LogP contribution in [0, 0.1) is 12.3 Å². The molecule has 2 rings (SSSR count). The van der Waals surface area contributed by atoms with Gasteiger partial charge in [-0.15, -0.1) is 0 Å². The fourth-order valence-electron chi connectivity index (χ4n) is 2.06. The first-order chi connectivity index (χ1) is 10.4. The van der Waals surface area contributed by atoms with Gasteiger partial charge in [0.05, 0.1) is 12.4 Å². The molecule has 0 aliphatic rings. The maximum atomic E-state index is 12.3. The number of hydrogen-bond donors (Lipinski definition) is 2. The number of carbonyl (C=O) groups is 1. The molecular weight excluding hydrogens is 278 g/mol. The Morgan fingerprint density at radius 1 is 1.36 bits per heavy atom. The monoisotopic (exact) mass is 301 g/mol. The van der Waals surface area contributed by atoms with Crippen LogP contribution < -0.4 is 10.6 Å². The van der Waals surface area contributed by atoms with Crippen molar-refractivity contribution in [3.63, 3.8) is 0 Å². The van der Waals surface area contributed by atoms with Gasteiger partial charge in [-0.3, -0.25) is 5.32 Å². The molecule has 22 heavy (non-hydrogen) atoms. The van der Waals surface area contributed by atoms with Crippen LogP contribution in [0.4, 0.5) is 10.6 Å². The molecule has 0 aromatic carbocycles. The van der Waals surface area contributed by atoms with Crippen LogP contribution >= 0.6 is 0 Å². The molecule has 2 N–H and O–H groups in total. The maximum absolute atomic E-state index is 12.3. The number of pyridine rings is 1. The van der Waals surface area contributed by atoms with Crippen LogP contribution in [0.1, 0.15) is 26.3 Å². The van der Waals surface area contributed by atoms with Crippen LogP contribution in [0.5, 0.6) is 0 Å². The highest BCUT2D eigenvalue weighted by Crippen LogP contribution is 2.21. The molecule has 0 saturated heterocycles. The number of aryl methyl sites for hydroxylation is 1. The number of anilines is 1. The molecule has 0 radical (unpaired) electrons. The molecule has 6 nitrogen and oxygen atoms in total. The largest absolute Gasteiger partial charge is 0.335 e. The molecule has 2 aromatic heterocycles. The Bertz CT molecular complexity index is 616. The van der Waals surface area contributed by atoms with E-state index in [0.717, 1.165) is 5.56 Å². The number of nitrogens with one attached hydrogen (secondary N) is 2. The van der Waals surface area contributed by atoms with Crippen LogP contribution in [-0.4, -0.2) is 26.6 Å². The summed E-state index contributed by atoms with van der Waals surface area (Å²) in [5.41, 5.74) is 0.848. The van der Waals surface area contributed by atoms with Gasteiger partial charge in [0.2, 0.25) is 0 Å². The summed E-state index contributed by atoms with van der Waals surface area (Å²) >= 11 is 0. The van der Waals surface area contributed by atoms with Crippen LogP contribution in [0.3, 0.4) is 0 Å². The van der Waals surface area contributed by atoms with Gasteiger partial charge in [0.15, 0.2) is 0 Å². The van der Waals surface area contributed by atoms with E-state index < -0.39 is 0 Å². The van der Waals surface area contributed by atoms with Crippen molar-refractivity contribution in [2.45, 2.75) is 40.3 Å². The molecule has 0 saturated carbocycles. The molecule has 0 bridgehead atoms. The third-order valence-electron chi connectivity index (χ3n) is 3.54. The summed E-state index contributed by atoms with van der Waals surface area (Å²) in [4.78, 5) is 20.5. The highest BCUT2D eigenvalue weighted by Gasteiger charge is 2.26. The lowest BCUT2D eigenvalue weighted by Gasteiger charge is -2.31. The van der Waals surface area contributed by atoms with E-state index in [2.05, 4.69) is 41.4 Å². The summed E-state index contributed by atoms with van der Waals surface area (Å²) in [7, 11) is 0. The van der Waals surface area contributed by atoms with Crippen molar-refractivity contribution >= 4 is 11.8 Å². The molecule has 1 atom stereocenters. The van der Waals surface area contributed by atoms with Crippen LogP contribution in [-0.2, 0) is 6.54 Å². The molecule has 6 heteroatoms. The van der Waals surface area contributed by atoms with E-state index in [9.17, 15) is 4.79 Å². The van der Waals surface area contributed by atoms with E-state index in [1.807, 2.05) is 29.8 Å². The second kappa shape index (κ2) is 6.60. The summed E-state index contributed by atoms with van der Waals surface area (Å²) in [5.74, 6) is 0.579. The Labute approximate surface area is 131 Å². The van der Waals surface area contributed by atoms with Crippen molar-refractivity contribution in [1.82, 2.24) is 19.9 Å². The molecular formula is C16H23N5O. The zero-order valence-electron chi connectivity index (χ0n) is 13.5. The first kappa shape index (κ1) is 16.0. The van der Waals surface area contributed by atoms with Crippen LogP contribution in [0.2, 0.25) is 0 Å². The number of urea groups is 1. The van der Waals surface area contributed by atoms with Crippen molar-refractivity contribution in [2.24, 2.45) is 5.41 Å². The van der Waals surface area contributed by atoms with E-state index in [0.29, 0.717) is 12.4 Å². The first-order valence-electron chi connectivity index (χ1n) is 7.31. The minimum Gasteiger partial charge on any atom is -0.335 e. The average Bonchev–Trinajstić information content (AvgIpc) is 2.92. The highest BCUT2D eigenvalue weighted by atomic mass is 16.2. The molecule has 0 aliphatic carbocycles. The van der Waals surface area contributed by atoms with Crippen molar-refractivity contribution in [3.05, 3.63) is 42.6 Å². The van der Waals surface area contributed by atoms with E-state index in [4.69, 9.17) is 0 Å². The molecule has 2 aromatic rings. The summed E-state index contributed by atoms with van der Waals surface area (Å²) in [6.45, 7) is 8.87. The average molecular weight is 301 g/mol. The van der Waals surface area contributed by atoms with Gasteiger partial charge in [-0.2, -0.15) is 0 Å². The molecule has 0 spiro atoms. The Morgan fingerprint density at radius 2 is 2.14 bits per heavy atom. The molecule has 0 fully saturated rings. The van der Waals surface area contributed by atoms with Crippen molar-refractivity contribution in [1.29, 1.82) is 0 Å². The SMILES string of the molecule is Cc1cccnc1NC(=O)N[C@H](Cn1ccnc1)C(C)(C)C. The standard InChI is InChI=1S/C16H23N5O/c1-12-6-5-7-18-14(12)20-15(22)19-13(16(2,3)4)10-21-9-8-17-11-21/h5-9,11,13H,10H2,1-4H3,(H2,18,19,20,22)/t13-/m1/s1. The van der Waals surface area contributed by atoms with Gasteiger partial charge >= 0.3 is 6.03 Å². The highest BCUT2D eigenvalue weighted by molar-refractivity contribution is 5.89. The first-order valence-corrected chi connectivity index (χ1v) is 7.31. The maximum Gasteiger partial charge on any atom is 0.320 e. The number of nitrogens with zero attached hydrogens (tertiary/aromatic N) is 3. The van der Waals surface area contributed by atoms with Crippen molar-refractivity contribution < 1.29 is 4.79 Å². The zero-order chi connectivity index (χ0) is 16.2. The molecule has 0 unspecified atom stereocenters. The lowest BCUT2D eigenvalue weighted by atomic mass is 9.86. The topological polar surface area (TPSA) is 71.8 Å². The van der Waals surface area contributed by atoms with Gasteiger partial charge in [-0.05, 0) is 24.0 Å². The second-order valence-electron chi connectivity index (χ2n) is 6.45. The minimum atomic E-state index is -0.248. The van der Waals surface area contributed by atoms with Crippen LogP contribution in [0.25, 0.3) is 0 Å². The Balaban J connectivity index is 2.04. The van der Waals surface area contributed by atoms with Gasteiger partial charge in [0.25, 0.3) is 0 Å². The summed E-state index contributed by atoms with van der Waals surface area (Å²) in [6.07, 6.45) is 7.04. The predicted molar refractivity (Wildman–Crippen MR) is 86.6 cm³/mol. The van der Waals surface area contributed by atoms with Gasteiger partial charge in [-0.1, -0.05) is 26.8 Å². The van der Waals surface area contributed by atoms with Gasteiger partial charge in [0.1, 0.15) is 5.82 Å². The van der Waals surface area contributed by atoms with E-state index in [-0.39, 0.29) is 17.5 Å². The normalized spacial score (nSPS) is 12.7. The molecule has 2 heterocycles. The number of carbonyl (C=O) groups excluding carboxylic acids is 1. The third-order valence-corrected chi connectivity index (χ3v) is 3.54. The number of hydrogen-bond acceptors (Lipinski definition) is 3. The van der Waals surface area contributed by atoms with Gasteiger partial charge < -0.3 is 9.88 Å². The van der Waals surface area contributed by atoms with Crippen LogP contribution in [0.15, 0.2) is 37.1 Å². The van der Waals surface area contributed by atoms with E-state index >= 15 is 0 Å². The lowest BCUT2D eigenvalue weighted by Crippen LogP contribution is -2.48. The van der Waals surface area contributed by atoms with Gasteiger partial charge in [-0.25, -0.2) is 14.8 Å².